The van der Waals surface area contributed by atoms with Crippen molar-refractivity contribution in [1.82, 2.24) is 0 Å². The van der Waals surface area contributed by atoms with Gasteiger partial charge < -0.3 is 0 Å². The normalized spacial score (nSPS) is 12.3. The molecule has 0 aliphatic carbocycles. The van der Waals surface area contributed by atoms with Crippen LogP contribution in [0.2, 0.25) is 0 Å². The van der Waals surface area contributed by atoms with E-state index in [1.165, 1.54) is 12.1 Å². The second kappa shape index (κ2) is 7.97. The van der Waals surface area contributed by atoms with E-state index in [2.05, 4.69) is 0 Å². The maximum atomic E-state index is 11.8. The Labute approximate surface area is 216 Å². The molecule has 0 saturated heterocycles. The molecular weight excluding hydrogens is 446 g/mol. The fraction of sp³-hybridized carbons (Fsp3) is 0. The van der Waals surface area contributed by atoms with E-state index < -0.39 is 20.2 Å². The molecule has 5 aromatic carbocycles. The molecule has 0 fully saturated rings. The molecule has 0 saturated carbocycles. The summed E-state index contributed by atoms with van der Waals surface area (Å²) in [5, 5.41) is 5.01. The monoisotopic (exact) mass is 460 g/mol. The Morgan fingerprint density at radius 3 is 1.10 bits per heavy atom. The minimum atomic E-state index is -4.41. The molecule has 0 amide bonds. The van der Waals surface area contributed by atoms with Gasteiger partial charge in [-0.1, -0.05) is 48.5 Å². The van der Waals surface area contributed by atoms with E-state index in [-0.39, 0.29) is 68.9 Å². The van der Waals surface area contributed by atoms with Crippen LogP contribution in [0.4, 0.5) is 0 Å². The van der Waals surface area contributed by atoms with Gasteiger partial charge in [-0.2, -0.15) is 16.8 Å². The van der Waals surface area contributed by atoms with Gasteiger partial charge in [0.25, 0.3) is 20.2 Å². The third kappa shape index (κ3) is 3.49. The average molecular weight is 460 g/mol. The fourth-order valence-electron chi connectivity index (χ4n) is 4.11. The van der Waals surface area contributed by atoms with Gasteiger partial charge in [-0.15, -0.1) is 0 Å². The summed E-state index contributed by atoms with van der Waals surface area (Å²) < 4.78 is 66.5. The first kappa shape index (κ1) is 23.9. The summed E-state index contributed by atoms with van der Waals surface area (Å²) in [6, 6.07) is 16.2. The van der Waals surface area contributed by atoms with Crippen LogP contribution in [0.1, 0.15) is 0 Å². The van der Waals surface area contributed by atoms with Gasteiger partial charge in [0.15, 0.2) is 0 Å². The van der Waals surface area contributed by atoms with Crippen molar-refractivity contribution in [2.24, 2.45) is 0 Å². The fourth-order valence-corrected chi connectivity index (χ4v) is 5.48. The Bertz CT molecular complexity index is 1520. The summed E-state index contributed by atoms with van der Waals surface area (Å²) in [4.78, 5) is -0.364. The molecule has 0 spiro atoms. The van der Waals surface area contributed by atoms with E-state index in [0.717, 1.165) is 21.5 Å². The van der Waals surface area contributed by atoms with Crippen molar-refractivity contribution in [2.75, 3.05) is 0 Å². The Hall–Kier alpha value is -0.780. The molecule has 0 aliphatic rings. The molecule has 6 nitrogen and oxygen atoms in total. The predicted octanol–water partition coefficient (Wildman–Crippen LogP) is 2.93. The molecule has 0 unspecified atom stereocenters. The average Bonchev–Trinajstić information content (AvgIpc) is 2.63. The van der Waals surface area contributed by atoms with Crippen LogP contribution < -0.4 is 0 Å². The third-order valence-corrected chi connectivity index (χ3v) is 6.96. The zero-order valence-electron chi connectivity index (χ0n) is 14.1. The van der Waals surface area contributed by atoms with Crippen LogP contribution in [-0.2, 0) is 20.2 Å². The van der Waals surface area contributed by atoms with Crippen LogP contribution in [0, 0.1) is 0 Å². The zero-order chi connectivity index (χ0) is 19.8. The first-order chi connectivity index (χ1) is 13.2. The first-order valence-corrected chi connectivity index (χ1v) is 11.1. The molecule has 10 heteroatoms. The quantitative estimate of drug-likeness (QED) is 0.182. The molecule has 0 aromatic heterocycles. The van der Waals surface area contributed by atoms with Gasteiger partial charge >= 0.3 is 59.1 Å². The third-order valence-electron chi connectivity index (χ3n) is 5.14. The van der Waals surface area contributed by atoms with Crippen molar-refractivity contribution in [3.05, 3.63) is 60.7 Å². The van der Waals surface area contributed by atoms with Gasteiger partial charge in [-0.05, 0) is 44.5 Å². The van der Waals surface area contributed by atoms with Gasteiger partial charge in [0.05, 0.1) is 0 Å². The Morgan fingerprint density at radius 2 is 0.767 bits per heavy atom. The number of hydrogen-bond acceptors (Lipinski definition) is 4. The number of benzene rings is 5. The molecule has 144 valence electrons. The molecule has 30 heavy (non-hydrogen) atoms. The standard InChI is InChI=1S/C20H12O6S2.2Na.2H/c21-27(22,23)17-9-7-13-14-8-10-18(28(24,25)26)16-6-2-4-12(20(14)16)11-3-1-5-15(17)19(11)13;;;;/h1-10H,(H,21,22,23)(H,24,25,26);;;;. The molecule has 0 aliphatic heterocycles. The van der Waals surface area contributed by atoms with Crippen LogP contribution in [-0.4, -0.2) is 85.1 Å². The van der Waals surface area contributed by atoms with E-state index in [9.17, 15) is 25.9 Å². The summed E-state index contributed by atoms with van der Waals surface area (Å²) in [5.41, 5.74) is 0. The van der Waals surface area contributed by atoms with Gasteiger partial charge in [0.2, 0.25) is 0 Å². The van der Waals surface area contributed by atoms with Crippen molar-refractivity contribution in [3.8, 4) is 0 Å². The summed E-state index contributed by atoms with van der Waals surface area (Å²) in [7, 11) is -8.83. The number of fused-ring (bicyclic) bond motifs is 2. The van der Waals surface area contributed by atoms with Gasteiger partial charge in [-0.3, -0.25) is 9.11 Å². The summed E-state index contributed by atoms with van der Waals surface area (Å²) in [6.45, 7) is 0. The molecule has 2 N–H and O–H groups in total. The van der Waals surface area contributed by atoms with Gasteiger partial charge in [-0.25, -0.2) is 0 Å². The van der Waals surface area contributed by atoms with Gasteiger partial charge in [0.1, 0.15) is 9.79 Å². The van der Waals surface area contributed by atoms with Gasteiger partial charge in [0, 0.05) is 10.8 Å². The molecule has 0 bridgehead atoms. The van der Waals surface area contributed by atoms with Crippen LogP contribution >= 0.6 is 0 Å². The molecule has 0 atom stereocenters. The maximum absolute atomic E-state index is 11.8. The molecule has 0 heterocycles. The summed E-state index contributed by atoms with van der Waals surface area (Å²) in [6.07, 6.45) is 0. The van der Waals surface area contributed by atoms with Crippen molar-refractivity contribution >= 4 is 122 Å². The summed E-state index contributed by atoms with van der Waals surface area (Å²) >= 11 is 0. The van der Waals surface area contributed by atoms with Crippen molar-refractivity contribution in [2.45, 2.75) is 9.79 Å². The van der Waals surface area contributed by atoms with Crippen LogP contribution in [0.5, 0.6) is 0 Å². The van der Waals surface area contributed by atoms with Crippen molar-refractivity contribution < 1.29 is 25.9 Å². The SMILES string of the molecule is O=S(=O)(O)c1ccc2c3ccc(S(=O)(=O)O)c4cccc(c5cccc1c52)c43.[NaH].[NaH]. The van der Waals surface area contributed by atoms with Crippen molar-refractivity contribution in [1.29, 1.82) is 0 Å². The van der Waals surface area contributed by atoms with E-state index >= 15 is 0 Å². The molecule has 5 aromatic rings. The Morgan fingerprint density at radius 1 is 0.467 bits per heavy atom. The molecule has 5 rings (SSSR count). The summed E-state index contributed by atoms with van der Waals surface area (Å²) in [5.74, 6) is 0. The zero-order valence-corrected chi connectivity index (χ0v) is 15.8. The Balaban J connectivity index is 0.00000128. The Kier molecular flexibility index (Phi) is 6.34. The predicted molar refractivity (Wildman–Crippen MR) is 122 cm³/mol. The van der Waals surface area contributed by atoms with Crippen LogP contribution in [0.15, 0.2) is 70.5 Å². The topological polar surface area (TPSA) is 109 Å². The van der Waals surface area contributed by atoms with E-state index in [1.54, 1.807) is 36.4 Å². The van der Waals surface area contributed by atoms with E-state index in [4.69, 9.17) is 0 Å². The van der Waals surface area contributed by atoms with Crippen LogP contribution in [0.3, 0.4) is 0 Å². The van der Waals surface area contributed by atoms with Crippen LogP contribution in [0.25, 0.3) is 43.1 Å². The van der Waals surface area contributed by atoms with E-state index in [0.29, 0.717) is 21.5 Å². The molecular formula is C20H14Na2O6S2. The number of hydrogen-bond donors (Lipinski definition) is 2. The molecule has 0 radical (unpaired) electrons. The van der Waals surface area contributed by atoms with E-state index in [1.807, 2.05) is 12.1 Å². The second-order valence-corrected chi connectivity index (χ2v) is 9.41. The van der Waals surface area contributed by atoms with Crippen molar-refractivity contribution in [3.63, 3.8) is 0 Å². The first-order valence-electron chi connectivity index (χ1n) is 8.25. The second-order valence-electron chi connectivity index (χ2n) is 6.63. The minimum absolute atomic E-state index is 0. The number of rotatable bonds is 2.